The molecule has 0 saturated heterocycles. The zero-order valence-electron chi connectivity index (χ0n) is 16.8. The second-order valence-electron chi connectivity index (χ2n) is 7.06. The number of pyridine rings is 1. The second-order valence-corrected chi connectivity index (χ2v) is 9.03. The van der Waals surface area contributed by atoms with E-state index in [0.29, 0.717) is 11.3 Å². The summed E-state index contributed by atoms with van der Waals surface area (Å²) < 4.78 is 74.1. The molecule has 172 valence electrons. The molecule has 0 bridgehead atoms. The van der Waals surface area contributed by atoms with Crippen LogP contribution in [0.2, 0.25) is 5.02 Å². The van der Waals surface area contributed by atoms with Crippen LogP contribution in [0, 0.1) is 6.92 Å². The van der Waals surface area contributed by atoms with Crippen molar-refractivity contribution < 1.29 is 30.3 Å². The highest BCUT2D eigenvalue weighted by molar-refractivity contribution is 7.88. The number of halogens is 4. The van der Waals surface area contributed by atoms with Gasteiger partial charge in [0.2, 0.25) is 0 Å². The molecular weight excluding hydrogens is 485 g/mol. The van der Waals surface area contributed by atoms with E-state index in [9.17, 15) is 26.4 Å². The molecule has 2 aromatic heterocycles. The number of benzene rings is 2. The lowest BCUT2D eigenvalue weighted by atomic mass is 10.1. The molecule has 2 aromatic carbocycles. The van der Waals surface area contributed by atoms with Crippen molar-refractivity contribution in [3.05, 3.63) is 81.2 Å². The summed E-state index contributed by atoms with van der Waals surface area (Å²) in [5.74, 6) is -1.11. The highest BCUT2D eigenvalue weighted by atomic mass is 35.5. The van der Waals surface area contributed by atoms with E-state index < -0.39 is 32.5 Å². The molecule has 0 N–H and O–H groups in total. The number of hydrogen-bond acceptors (Lipinski definition) is 6. The van der Waals surface area contributed by atoms with Crippen LogP contribution in [0.1, 0.15) is 11.3 Å². The lowest BCUT2D eigenvalue weighted by molar-refractivity contribution is -0.0499. The van der Waals surface area contributed by atoms with E-state index in [1.165, 1.54) is 35.8 Å². The Morgan fingerprint density at radius 2 is 1.82 bits per heavy atom. The highest BCUT2D eigenvalue weighted by Crippen LogP contribution is 2.39. The van der Waals surface area contributed by atoms with Gasteiger partial charge in [-0.1, -0.05) is 47.1 Å². The molecule has 33 heavy (non-hydrogen) atoms. The molecule has 0 spiro atoms. The van der Waals surface area contributed by atoms with Crippen molar-refractivity contribution in [1.29, 1.82) is 0 Å². The summed E-state index contributed by atoms with van der Waals surface area (Å²) in [7, 11) is -6.12. The summed E-state index contributed by atoms with van der Waals surface area (Å²) in [6.07, 6.45) is 0. The first-order chi connectivity index (χ1) is 15.5. The molecule has 0 aliphatic rings. The molecule has 0 amide bonds. The van der Waals surface area contributed by atoms with E-state index >= 15 is 0 Å². The summed E-state index contributed by atoms with van der Waals surface area (Å²) in [4.78, 5) is 13.5. The van der Waals surface area contributed by atoms with Crippen LogP contribution >= 0.6 is 11.6 Å². The maximum atomic E-state index is 13.5. The first kappa shape index (κ1) is 22.9. The van der Waals surface area contributed by atoms with Crippen molar-refractivity contribution in [3.63, 3.8) is 0 Å². The lowest BCUT2D eigenvalue weighted by Crippen LogP contribution is -2.30. The summed E-state index contributed by atoms with van der Waals surface area (Å²) in [6.45, 7) is 1.56. The van der Waals surface area contributed by atoms with Crippen molar-refractivity contribution in [1.82, 2.24) is 9.72 Å². The Morgan fingerprint density at radius 1 is 1.12 bits per heavy atom. The standard InChI is InChI=1S/C21H14ClF3N2O5S/c1-12-9-17(31-26-12)18-19(32-33(29,30)21(23,24)25)15-10-14(22)7-8-16(15)27(20(18)28)11-13-5-3-2-4-6-13/h2-10H,11H2,1H3. The molecule has 4 aromatic rings. The first-order valence-corrected chi connectivity index (χ1v) is 11.1. The van der Waals surface area contributed by atoms with Crippen molar-refractivity contribution >= 4 is 32.6 Å². The van der Waals surface area contributed by atoms with Crippen LogP contribution in [-0.4, -0.2) is 23.6 Å². The van der Waals surface area contributed by atoms with Crippen molar-refractivity contribution in [2.75, 3.05) is 0 Å². The summed E-state index contributed by atoms with van der Waals surface area (Å²) in [5.41, 5.74) is -5.96. The van der Waals surface area contributed by atoms with Gasteiger partial charge in [-0.2, -0.15) is 21.6 Å². The number of aromatic nitrogens is 2. The molecular formula is C21H14ClF3N2O5S. The minimum Gasteiger partial charge on any atom is -0.374 e. The van der Waals surface area contributed by atoms with Crippen LogP contribution in [0.4, 0.5) is 13.2 Å². The van der Waals surface area contributed by atoms with Gasteiger partial charge in [0.15, 0.2) is 11.5 Å². The Hall–Kier alpha value is -3.31. The van der Waals surface area contributed by atoms with Gasteiger partial charge in [0, 0.05) is 16.5 Å². The molecule has 0 atom stereocenters. The Balaban J connectivity index is 2.10. The predicted molar refractivity (Wildman–Crippen MR) is 115 cm³/mol. The fraction of sp³-hybridized carbons (Fsp3) is 0.143. The van der Waals surface area contributed by atoms with Gasteiger partial charge in [0.05, 0.1) is 17.8 Å². The van der Waals surface area contributed by atoms with Crippen LogP contribution in [-0.2, 0) is 16.7 Å². The number of rotatable bonds is 5. The average molecular weight is 499 g/mol. The fourth-order valence-electron chi connectivity index (χ4n) is 3.27. The van der Waals surface area contributed by atoms with Crippen molar-refractivity contribution in [2.45, 2.75) is 19.0 Å². The average Bonchev–Trinajstić information content (AvgIpc) is 3.16. The third-order valence-electron chi connectivity index (χ3n) is 4.71. The van der Waals surface area contributed by atoms with Gasteiger partial charge in [0.25, 0.3) is 5.56 Å². The van der Waals surface area contributed by atoms with Gasteiger partial charge in [0.1, 0.15) is 5.56 Å². The maximum Gasteiger partial charge on any atom is 0.534 e. The lowest BCUT2D eigenvalue weighted by Gasteiger charge is -2.18. The van der Waals surface area contributed by atoms with E-state index in [1.54, 1.807) is 30.3 Å². The summed E-state index contributed by atoms with van der Waals surface area (Å²) >= 11 is 6.06. The first-order valence-electron chi connectivity index (χ1n) is 9.32. The fourth-order valence-corrected chi connectivity index (χ4v) is 3.93. The Labute approximate surface area is 190 Å². The van der Waals surface area contributed by atoms with Crippen molar-refractivity contribution in [3.8, 4) is 17.1 Å². The molecule has 0 aliphatic heterocycles. The molecule has 0 radical (unpaired) electrons. The van der Waals surface area contributed by atoms with E-state index in [-0.39, 0.29) is 28.2 Å². The zero-order chi connectivity index (χ0) is 24.0. The van der Waals surface area contributed by atoms with Gasteiger partial charge >= 0.3 is 15.6 Å². The van der Waals surface area contributed by atoms with Crippen molar-refractivity contribution in [2.24, 2.45) is 0 Å². The maximum absolute atomic E-state index is 13.5. The number of aryl methyl sites for hydroxylation is 1. The molecule has 0 unspecified atom stereocenters. The van der Waals surface area contributed by atoms with Gasteiger partial charge in [-0.25, -0.2) is 0 Å². The van der Waals surface area contributed by atoms with Gasteiger partial charge in [-0.05, 0) is 30.7 Å². The number of fused-ring (bicyclic) bond motifs is 1. The second kappa shape index (κ2) is 8.23. The van der Waals surface area contributed by atoms with Crippen LogP contribution in [0.5, 0.6) is 5.75 Å². The van der Waals surface area contributed by atoms with E-state index in [4.69, 9.17) is 16.1 Å². The largest absolute Gasteiger partial charge is 0.534 e. The van der Waals surface area contributed by atoms with Crippen LogP contribution in [0.15, 0.2) is 63.9 Å². The van der Waals surface area contributed by atoms with E-state index in [0.717, 1.165) is 0 Å². The molecule has 7 nitrogen and oxygen atoms in total. The van der Waals surface area contributed by atoms with Crippen LogP contribution in [0.3, 0.4) is 0 Å². The number of hydrogen-bond donors (Lipinski definition) is 0. The highest BCUT2D eigenvalue weighted by Gasteiger charge is 2.49. The van der Waals surface area contributed by atoms with Gasteiger partial charge in [-0.15, -0.1) is 0 Å². The molecule has 0 aliphatic carbocycles. The Morgan fingerprint density at radius 3 is 2.42 bits per heavy atom. The Bertz CT molecular complexity index is 1510. The molecule has 4 rings (SSSR count). The van der Waals surface area contributed by atoms with E-state index in [2.05, 4.69) is 9.34 Å². The minimum atomic E-state index is -6.12. The third kappa shape index (κ3) is 4.33. The topological polar surface area (TPSA) is 91.4 Å². The monoisotopic (exact) mass is 498 g/mol. The quantitative estimate of drug-likeness (QED) is 0.287. The Kier molecular flexibility index (Phi) is 5.71. The van der Waals surface area contributed by atoms with Gasteiger partial charge in [-0.3, -0.25) is 4.79 Å². The van der Waals surface area contributed by atoms with Crippen LogP contribution < -0.4 is 9.74 Å². The van der Waals surface area contributed by atoms with Crippen LogP contribution in [0.25, 0.3) is 22.2 Å². The summed E-state index contributed by atoms with van der Waals surface area (Å²) in [6, 6.07) is 14.1. The third-order valence-corrected chi connectivity index (χ3v) is 5.90. The molecule has 2 heterocycles. The smallest absolute Gasteiger partial charge is 0.374 e. The van der Waals surface area contributed by atoms with Gasteiger partial charge < -0.3 is 13.3 Å². The summed E-state index contributed by atoms with van der Waals surface area (Å²) in [5, 5.41) is 3.61. The minimum absolute atomic E-state index is 0.0320. The molecule has 12 heteroatoms. The molecule has 0 fully saturated rings. The number of nitrogens with zero attached hydrogens (tertiary/aromatic N) is 2. The normalized spacial score (nSPS) is 12.3. The zero-order valence-corrected chi connectivity index (χ0v) is 18.3. The molecule has 0 saturated carbocycles. The SMILES string of the molecule is Cc1cc(-c2c(OS(=O)(=O)C(F)(F)F)c3cc(Cl)ccc3n(Cc3ccccc3)c2=O)on1. The van der Waals surface area contributed by atoms with E-state index in [1.807, 2.05) is 0 Å². The predicted octanol–water partition coefficient (Wildman–Crippen LogP) is 4.90. The number of alkyl halides is 3.